The van der Waals surface area contributed by atoms with Gasteiger partial charge in [0.2, 0.25) is 10.0 Å². The van der Waals surface area contributed by atoms with Gasteiger partial charge in [-0.1, -0.05) is 61.2 Å². The van der Waals surface area contributed by atoms with Crippen molar-refractivity contribution in [3.8, 4) is 0 Å². The van der Waals surface area contributed by atoms with E-state index in [-0.39, 0.29) is 4.90 Å². The van der Waals surface area contributed by atoms with Crippen LogP contribution < -0.4 is 4.80 Å². The molecular formula is C24H29Cl2N3O3S2. The lowest BCUT2D eigenvalue weighted by Crippen LogP contribution is -2.33. The van der Waals surface area contributed by atoms with Crippen molar-refractivity contribution >= 4 is 60.7 Å². The molecule has 184 valence electrons. The van der Waals surface area contributed by atoms with Crippen molar-refractivity contribution in [1.29, 1.82) is 0 Å². The van der Waals surface area contributed by atoms with Gasteiger partial charge in [-0.15, -0.1) is 0 Å². The topological polar surface area (TPSA) is 71.7 Å². The van der Waals surface area contributed by atoms with Crippen molar-refractivity contribution in [3.63, 3.8) is 0 Å². The lowest BCUT2D eigenvalue weighted by atomic mass is 10.2. The van der Waals surface area contributed by atoms with Crippen LogP contribution in [0.4, 0.5) is 0 Å². The number of fused-ring (bicyclic) bond motifs is 1. The molecular weight excluding hydrogens is 513 g/mol. The Morgan fingerprint density at radius 1 is 1.03 bits per heavy atom. The molecule has 6 nitrogen and oxygen atoms in total. The van der Waals surface area contributed by atoms with Crippen LogP contribution in [0.3, 0.4) is 0 Å². The molecule has 34 heavy (non-hydrogen) atoms. The maximum absolute atomic E-state index is 13.2. The molecule has 0 aliphatic carbocycles. The van der Waals surface area contributed by atoms with Gasteiger partial charge < -0.3 is 4.57 Å². The molecule has 0 spiro atoms. The molecule has 0 radical (unpaired) electrons. The Bertz CT molecular complexity index is 1320. The van der Waals surface area contributed by atoms with E-state index in [1.165, 1.54) is 39.9 Å². The second-order valence-corrected chi connectivity index (χ2v) is 11.7. The molecule has 1 aromatic heterocycles. The zero-order valence-corrected chi connectivity index (χ0v) is 22.7. The number of rotatable bonds is 10. The Labute approximate surface area is 214 Å². The van der Waals surface area contributed by atoms with E-state index in [0.717, 1.165) is 35.9 Å². The smallest absolute Gasteiger partial charge is 0.279 e. The molecule has 0 atom stereocenters. The zero-order valence-electron chi connectivity index (χ0n) is 19.6. The van der Waals surface area contributed by atoms with Gasteiger partial charge in [-0.05, 0) is 56.2 Å². The first-order valence-electron chi connectivity index (χ1n) is 11.4. The molecule has 1 heterocycles. The van der Waals surface area contributed by atoms with Gasteiger partial charge in [0.1, 0.15) is 0 Å². The molecule has 0 aliphatic heterocycles. The summed E-state index contributed by atoms with van der Waals surface area (Å²) in [4.78, 5) is 17.9. The quantitative estimate of drug-likeness (QED) is 0.299. The third kappa shape index (κ3) is 5.91. The fraction of sp³-hybridized carbons (Fsp3) is 0.417. The molecule has 0 aliphatic rings. The van der Waals surface area contributed by atoms with Gasteiger partial charge in [0.25, 0.3) is 5.91 Å². The fourth-order valence-corrected chi connectivity index (χ4v) is 6.99. The van der Waals surface area contributed by atoms with Crippen LogP contribution in [0, 0.1) is 0 Å². The third-order valence-electron chi connectivity index (χ3n) is 5.47. The highest BCUT2D eigenvalue weighted by atomic mass is 35.5. The first kappa shape index (κ1) is 26.9. The molecule has 0 unspecified atom stereocenters. The maximum Gasteiger partial charge on any atom is 0.279 e. The number of halogens is 2. The number of benzene rings is 2. The average molecular weight is 543 g/mol. The average Bonchev–Trinajstić information content (AvgIpc) is 3.16. The normalized spacial score (nSPS) is 12.7. The number of unbranched alkanes of at least 4 members (excludes halogenated alkanes) is 2. The molecule has 0 saturated carbocycles. The number of carbonyl (C=O) groups is 1. The van der Waals surface area contributed by atoms with Gasteiger partial charge in [0.05, 0.1) is 20.1 Å². The van der Waals surface area contributed by atoms with Crippen LogP contribution in [0.1, 0.15) is 56.8 Å². The minimum Gasteiger partial charge on any atom is -0.315 e. The standard InChI is InChI=1S/C24H29Cl2N3O3S2/c1-4-7-13-28(14-8-5-2)34(31,32)19-11-9-17(10-12-19)23(30)27-24-29(6-3)22-20(26)15-18(25)16-21(22)33-24/h9-12,15-16H,4-8,13-14H2,1-3H3. The Balaban J connectivity index is 1.92. The second-order valence-electron chi connectivity index (χ2n) is 7.92. The van der Waals surface area contributed by atoms with Crippen molar-refractivity contribution in [3.05, 3.63) is 56.8 Å². The van der Waals surface area contributed by atoms with Gasteiger partial charge in [-0.25, -0.2) is 8.42 Å². The summed E-state index contributed by atoms with van der Waals surface area (Å²) < 4.78 is 30.6. The largest absolute Gasteiger partial charge is 0.315 e. The Morgan fingerprint density at radius 3 is 2.21 bits per heavy atom. The third-order valence-corrected chi connectivity index (χ3v) is 8.91. The number of hydrogen-bond acceptors (Lipinski definition) is 4. The highest BCUT2D eigenvalue weighted by Gasteiger charge is 2.23. The van der Waals surface area contributed by atoms with E-state index in [0.29, 0.717) is 40.0 Å². The van der Waals surface area contributed by atoms with Gasteiger partial charge in [-0.3, -0.25) is 4.79 Å². The van der Waals surface area contributed by atoms with Gasteiger partial charge >= 0.3 is 0 Å². The van der Waals surface area contributed by atoms with E-state index in [1.807, 2.05) is 25.3 Å². The minimum atomic E-state index is -3.62. The molecule has 0 fully saturated rings. The van der Waals surface area contributed by atoms with E-state index in [1.54, 1.807) is 12.1 Å². The predicted molar refractivity (Wildman–Crippen MR) is 140 cm³/mol. The summed E-state index contributed by atoms with van der Waals surface area (Å²) in [5.74, 6) is -0.450. The number of carbonyl (C=O) groups excluding carboxylic acids is 1. The molecule has 10 heteroatoms. The van der Waals surface area contributed by atoms with E-state index in [2.05, 4.69) is 4.99 Å². The summed E-state index contributed by atoms with van der Waals surface area (Å²) in [6.45, 7) is 7.58. The van der Waals surface area contributed by atoms with Crippen LogP contribution >= 0.6 is 34.5 Å². The van der Waals surface area contributed by atoms with Crippen molar-refractivity contribution in [1.82, 2.24) is 8.87 Å². The van der Waals surface area contributed by atoms with Crippen LogP contribution in [0.2, 0.25) is 10.0 Å². The minimum absolute atomic E-state index is 0.183. The van der Waals surface area contributed by atoms with Crippen LogP contribution in [0.15, 0.2) is 46.3 Å². The molecule has 2 aromatic carbocycles. The Hall–Kier alpha value is -1.71. The highest BCUT2D eigenvalue weighted by Crippen LogP contribution is 2.29. The summed E-state index contributed by atoms with van der Waals surface area (Å²) in [5.41, 5.74) is 1.10. The van der Waals surface area contributed by atoms with Crippen LogP contribution in [0.5, 0.6) is 0 Å². The Kier molecular flexibility index (Phi) is 9.34. The summed E-state index contributed by atoms with van der Waals surface area (Å²) >= 11 is 13.8. The lowest BCUT2D eigenvalue weighted by molar-refractivity contribution is 0.0997. The number of thiazole rings is 1. The van der Waals surface area contributed by atoms with Crippen LogP contribution in [-0.2, 0) is 16.6 Å². The number of aromatic nitrogens is 1. The second kappa shape index (κ2) is 11.8. The van der Waals surface area contributed by atoms with Gasteiger partial charge in [0.15, 0.2) is 4.80 Å². The van der Waals surface area contributed by atoms with E-state index in [4.69, 9.17) is 23.2 Å². The van der Waals surface area contributed by atoms with Gasteiger partial charge in [0, 0.05) is 30.2 Å². The molecule has 0 N–H and O–H groups in total. The number of aryl methyl sites for hydroxylation is 1. The first-order valence-corrected chi connectivity index (χ1v) is 14.4. The van der Waals surface area contributed by atoms with Crippen LogP contribution in [0.25, 0.3) is 10.2 Å². The summed E-state index contributed by atoms with van der Waals surface area (Å²) in [6.07, 6.45) is 3.44. The molecule has 3 rings (SSSR count). The summed E-state index contributed by atoms with van der Waals surface area (Å²) in [6, 6.07) is 9.47. The Morgan fingerprint density at radius 2 is 1.65 bits per heavy atom. The fourth-order valence-electron chi connectivity index (χ4n) is 3.60. The van der Waals surface area contributed by atoms with E-state index in [9.17, 15) is 13.2 Å². The number of amides is 1. The molecule has 0 saturated heterocycles. The highest BCUT2D eigenvalue weighted by molar-refractivity contribution is 7.89. The molecule has 3 aromatic rings. The zero-order chi connectivity index (χ0) is 24.9. The number of sulfonamides is 1. The number of nitrogens with zero attached hydrogens (tertiary/aromatic N) is 3. The van der Waals surface area contributed by atoms with Gasteiger partial charge in [-0.2, -0.15) is 9.30 Å². The molecule has 1 amide bonds. The maximum atomic E-state index is 13.2. The van der Waals surface area contributed by atoms with Crippen molar-refractivity contribution in [2.45, 2.75) is 57.9 Å². The summed E-state index contributed by atoms with van der Waals surface area (Å²) in [7, 11) is -3.62. The van der Waals surface area contributed by atoms with Crippen molar-refractivity contribution in [2.24, 2.45) is 4.99 Å². The van der Waals surface area contributed by atoms with Crippen molar-refractivity contribution in [2.75, 3.05) is 13.1 Å². The monoisotopic (exact) mass is 541 g/mol. The lowest BCUT2D eigenvalue weighted by Gasteiger charge is -2.22. The predicted octanol–water partition coefficient (Wildman–Crippen LogP) is 6.36. The van der Waals surface area contributed by atoms with E-state index < -0.39 is 15.9 Å². The SMILES string of the molecule is CCCCN(CCCC)S(=O)(=O)c1ccc(C(=O)N=c2sc3cc(Cl)cc(Cl)c3n2CC)cc1. The molecule has 0 bridgehead atoms. The summed E-state index contributed by atoms with van der Waals surface area (Å²) in [5, 5.41) is 1.02. The van der Waals surface area contributed by atoms with Crippen LogP contribution in [-0.4, -0.2) is 36.3 Å². The van der Waals surface area contributed by atoms with E-state index >= 15 is 0 Å². The number of hydrogen-bond donors (Lipinski definition) is 0. The first-order chi connectivity index (χ1) is 16.2. The van der Waals surface area contributed by atoms with Crippen molar-refractivity contribution < 1.29 is 13.2 Å².